The van der Waals surface area contributed by atoms with E-state index in [1.807, 2.05) is 44.2 Å². The second kappa shape index (κ2) is 5.40. The molecule has 0 fully saturated rings. The van der Waals surface area contributed by atoms with Gasteiger partial charge in [-0.15, -0.1) is 6.42 Å². The third kappa shape index (κ3) is 2.50. The number of terminal acetylenes is 1. The minimum absolute atomic E-state index is 0.185. The quantitative estimate of drug-likeness (QED) is 0.849. The molecule has 2 aromatic rings. The highest BCUT2D eigenvalue weighted by atomic mass is 16.1. The smallest absolute Gasteiger partial charge is 0.255 e. The second-order valence-corrected chi connectivity index (χ2v) is 4.18. The number of nitrogens with one attached hydrogen (secondary N) is 1. The lowest BCUT2D eigenvalue weighted by molar-refractivity contribution is 0.0957. The first-order chi connectivity index (χ1) is 9.15. The van der Waals surface area contributed by atoms with E-state index in [0.717, 1.165) is 11.4 Å². The van der Waals surface area contributed by atoms with E-state index in [1.54, 1.807) is 4.68 Å². The molecule has 0 radical (unpaired) electrons. The van der Waals surface area contributed by atoms with Gasteiger partial charge in [0.2, 0.25) is 0 Å². The zero-order valence-electron chi connectivity index (χ0n) is 11.0. The van der Waals surface area contributed by atoms with Crippen molar-refractivity contribution in [2.45, 2.75) is 13.8 Å². The number of aromatic nitrogens is 2. The number of hydrogen-bond acceptors (Lipinski definition) is 2. The molecule has 4 nitrogen and oxygen atoms in total. The van der Waals surface area contributed by atoms with Crippen LogP contribution in [0.2, 0.25) is 0 Å². The van der Waals surface area contributed by atoms with Crippen molar-refractivity contribution < 1.29 is 4.79 Å². The third-order valence-corrected chi connectivity index (χ3v) is 2.87. The van der Waals surface area contributed by atoms with E-state index < -0.39 is 0 Å². The number of aryl methyl sites for hydroxylation is 1. The molecule has 1 amide bonds. The Hall–Kier alpha value is -2.54. The summed E-state index contributed by atoms with van der Waals surface area (Å²) in [7, 11) is 0. The molecule has 4 heteroatoms. The Kier molecular flexibility index (Phi) is 3.67. The zero-order valence-corrected chi connectivity index (χ0v) is 11.0. The van der Waals surface area contributed by atoms with Crippen LogP contribution < -0.4 is 5.32 Å². The number of hydrogen-bond donors (Lipinski definition) is 1. The highest BCUT2D eigenvalue weighted by Crippen LogP contribution is 2.17. The van der Waals surface area contributed by atoms with E-state index in [2.05, 4.69) is 16.3 Å². The first kappa shape index (κ1) is 12.9. The van der Waals surface area contributed by atoms with Gasteiger partial charge in [0, 0.05) is 0 Å². The number of carbonyl (C=O) groups is 1. The molecule has 0 bridgehead atoms. The highest BCUT2D eigenvalue weighted by Gasteiger charge is 2.18. The van der Waals surface area contributed by atoms with E-state index in [4.69, 9.17) is 6.42 Å². The van der Waals surface area contributed by atoms with Crippen molar-refractivity contribution >= 4 is 5.91 Å². The molecular formula is C15H15N3O. The van der Waals surface area contributed by atoms with Gasteiger partial charge < -0.3 is 5.32 Å². The molecular weight excluding hydrogens is 238 g/mol. The molecule has 1 N–H and O–H groups in total. The van der Waals surface area contributed by atoms with Gasteiger partial charge in [-0.05, 0) is 26.0 Å². The molecule has 0 aliphatic heterocycles. The van der Waals surface area contributed by atoms with Gasteiger partial charge in [0.15, 0.2) is 0 Å². The molecule has 0 aliphatic carbocycles. The van der Waals surface area contributed by atoms with Crippen LogP contribution in [0, 0.1) is 26.2 Å². The number of para-hydroxylation sites is 1. The van der Waals surface area contributed by atoms with Crippen molar-refractivity contribution in [3.8, 4) is 18.0 Å². The van der Waals surface area contributed by atoms with Gasteiger partial charge in [0.1, 0.15) is 0 Å². The van der Waals surface area contributed by atoms with E-state index >= 15 is 0 Å². The Labute approximate surface area is 112 Å². The first-order valence-electron chi connectivity index (χ1n) is 5.98. The molecule has 0 unspecified atom stereocenters. The van der Waals surface area contributed by atoms with Gasteiger partial charge >= 0.3 is 0 Å². The predicted molar refractivity (Wildman–Crippen MR) is 74.2 cm³/mol. The summed E-state index contributed by atoms with van der Waals surface area (Å²) in [6, 6.07) is 9.70. The lowest BCUT2D eigenvalue weighted by Gasteiger charge is -2.05. The van der Waals surface area contributed by atoms with Crippen LogP contribution in [0.3, 0.4) is 0 Å². The Balaban J connectivity index is 2.41. The average molecular weight is 253 g/mol. The lowest BCUT2D eigenvalue weighted by atomic mass is 10.2. The summed E-state index contributed by atoms with van der Waals surface area (Å²) in [5.41, 5.74) is 3.01. The Morgan fingerprint density at radius 3 is 2.68 bits per heavy atom. The van der Waals surface area contributed by atoms with Gasteiger partial charge in [0.25, 0.3) is 5.91 Å². The SMILES string of the molecule is C#CCNC(=O)c1c(C)nn(-c2ccccc2)c1C. The highest BCUT2D eigenvalue weighted by molar-refractivity contribution is 5.96. The molecule has 1 aromatic carbocycles. The normalized spacial score (nSPS) is 9.95. The standard InChI is InChI=1S/C15H15N3O/c1-4-10-16-15(19)14-11(2)17-18(12(14)3)13-8-6-5-7-9-13/h1,5-9H,10H2,2-3H3,(H,16,19). The molecule has 96 valence electrons. The molecule has 0 spiro atoms. The summed E-state index contributed by atoms with van der Waals surface area (Å²) in [5, 5.41) is 7.08. The van der Waals surface area contributed by atoms with Crippen molar-refractivity contribution in [2.75, 3.05) is 6.54 Å². The van der Waals surface area contributed by atoms with Crippen molar-refractivity contribution in [1.29, 1.82) is 0 Å². The van der Waals surface area contributed by atoms with Gasteiger partial charge in [0.05, 0.1) is 29.2 Å². The molecule has 0 saturated carbocycles. The maximum absolute atomic E-state index is 12.0. The summed E-state index contributed by atoms with van der Waals surface area (Å²) in [6.45, 7) is 3.91. The van der Waals surface area contributed by atoms with Crippen LogP contribution in [0.15, 0.2) is 30.3 Å². The molecule has 1 aromatic heterocycles. The average Bonchev–Trinajstić information content (AvgIpc) is 2.72. The van der Waals surface area contributed by atoms with Crippen molar-refractivity contribution in [1.82, 2.24) is 15.1 Å². The number of carbonyl (C=O) groups excluding carboxylic acids is 1. The molecule has 19 heavy (non-hydrogen) atoms. The summed E-state index contributed by atoms with van der Waals surface area (Å²) in [5.74, 6) is 2.20. The minimum Gasteiger partial charge on any atom is -0.341 e. The van der Waals surface area contributed by atoms with E-state index in [-0.39, 0.29) is 12.5 Å². The van der Waals surface area contributed by atoms with Crippen molar-refractivity contribution in [3.05, 3.63) is 47.3 Å². The maximum atomic E-state index is 12.0. The van der Waals surface area contributed by atoms with Crippen LogP contribution >= 0.6 is 0 Å². The van der Waals surface area contributed by atoms with Gasteiger partial charge in [-0.1, -0.05) is 24.1 Å². The molecule has 0 aliphatic rings. The molecule has 0 saturated heterocycles. The number of rotatable bonds is 3. The van der Waals surface area contributed by atoms with Crippen molar-refractivity contribution in [2.24, 2.45) is 0 Å². The van der Waals surface area contributed by atoms with Crippen LogP contribution in [-0.2, 0) is 0 Å². The zero-order chi connectivity index (χ0) is 13.8. The monoisotopic (exact) mass is 253 g/mol. The Morgan fingerprint density at radius 1 is 1.37 bits per heavy atom. The predicted octanol–water partition coefficient (Wildman–Crippen LogP) is 1.85. The Bertz CT molecular complexity index is 635. The molecule has 0 atom stereocenters. The van der Waals surface area contributed by atoms with E-state index in [1.165, 1.54) is 0 Å². The summed E-state index contributed by atoms with van der Waals surface area (Å²) in [4.78, 5) is 12.0. The summed E-state index contributed by atoms with van der Waals surface area (Å²) < 4.78 is 1.76. The van der Waals surface area contributed by atoms with Crippen LogP contribution in [0.1, 0.15) is 21.7 Å². The fourth-order valence-corrected chi connectivity index (χ4v) is 2.01. The van der Waals surface area contributed by atoms with Crippen LogP contribution in [0.4, 0.5) is 0 Å². The number of benzene rings is 1. The molecule has 2 rings (SSSR count). The van der Waals surface area contributed by atoms with Gasteiger partial charge in [-0.25, -0.2) is 4.68 Å². The minimum atomic E-state index is -0.185. The molecule has 1 heterocycles. The first-order valence-corrected chi connectivity index (χ1v) is 5.98. The van der Waals surface area contributed by atoms with E-state index in [9.17, 15) is 4.79 Å². The summed E-state index contributed by atoms with van der Waals surface area (Å²) in [6.07, 6.45) is 5.14. The van der Waals surface area contributed by atoms with Crippen LogP contribution in [-0.4, -0.2) is 22.2 Å². The number of nitrogens with zero attached hydrogens (tertiary/aromatic N) is 2. The van der Waals surface area contributed by atoms with Gasteiger partial charge in [-0.2, -0.15) is 5.10 Å². The fraction of sp³-hybridized carbons (Fsp3) is 0.200. The lowest BCUT2D eigenvalue weighted by Crippen LogP contribution is -2.24. The third-order valence-electron chi connectivity index (χ3n) is 2.87. The Morgan fingerprint density at radius 2 is 2.05 bits per heavy atom. The van der Waals surface area contributed by atoms with Crippen molar-refractivity contribution in [3.63, 3.8) is 0 Å². The number of amides is 1. The van der Waals surface area contributed by atoms with Crippen LogP contribution in [0.5, 0.6) is 0 Å². The maximum Gasteiger partial charge on any atom is 0.255 e. The fourth-order valence-electron chi connectivity index (χ4n) is 2.01. The van der Waals surface area contributed by atoms with Gasteiger partial charge in [-0.3, -0.25) is 4.79 Å². The van der Waals surface area contributed by atoms with Crippen LogP contribution in [0.25, 0.3) is 5.69 Å². The summed E-state index contributed by atoms with van der Waals surface area (Å²) >= 11 is 0. The largest absolute Gasteiger partial charge is 0.341 e. The topological polar surface area (TPSA) is 46.9 Å². The second-order valence-electron chi connectivity index (χ2n) is 4.18. The van der Waals surface area contributed by atoms with E-state index in [0.29, 0.717) is 11.3 Å².